The average molecular weight is 210 g/mol. The average Bonchev–Trinajstić information content (AvgIpc) is 2.70. The summed E-state index contributed by atoms with van der Waals surface area (Å²) in [6, 6.07) is 0.723. The van der Waals surface area contributed by atoms with Crippen LogP contribution in [0.15, 0.2) is 12.2 Å². The van der Waals surface area contributed by atoms with Gasteiger partial charge in [0.25, 0.3) is 0 Å². The highest BCUT2D eigenvalue weighted by molar-refractivity contribution is 4.96. The maximum Gasteiger partial charge on any atom is 0.0195 e. The minimum atomic E-state index is 0.723. The molecule has 0 aromatic heterocycles. The van der Waals surface area contributed by atoms with Gasteiger partial charge in [0.15, 0.2) is 0 Å². The van der Waals surface area contributed by atoms with Crippen LogP contribution >= 0.6 is 0 Å². The van der Waals surface area contributed by atoms with Gasteiger partial charge in [0.1, 0.15) is 0 Å². The first kappa shape index (κ1) is 12.7. The first-order valence-corrected chi connectivity index (χ1v) is 6.38. The molecule has 2 nitrogen and oxygen atoms in total. The summed E-state index contributed by atoms with van der Waals surface area (Å²) in [5.41, 5.74) is 1.36. The van der Waals surface area contributed by atoms with Gasteiger partial charge >= 0.3 is 0 Å². The fourth-order valence-corrected chi connectivity index (χ4v) is 2.20. The van der Waals surface area contributed by atoms with Gasteiger partial charge in [-0.1, -0.05) is 26.0 Å². The molecule has 1 saturated heterocycles. The molecule has 0 aromatic rings. The van der Waals surface area contributed by atoms with E-state index in [0.717, 1.165) is 19.0 Å². The van der Waals surface area contributed by atoms with Gasteiger partial charge in [0, 0.05) is 19.1 Å². The monoisotopic (exact) mass is 210 g/mol. The Bertz CT molecular complexity index is 183. The highest BCUT2D eigenvalue weighted by Gasteiger charge is 2.17. The van der Waals surface area contributed by atoms with Crippen molar-refractivity contribution in [3.8, 4) is 0 Å². The predicted molar refractivity (Wildman–Crippen MR) is 67.2 cm³/mol. The molecular weight excluding hydrogens is 184 g/mol. The Hall–Kier alpha value is -0.340. The van der Waals surface area contributed by atoms with E-state index < -0.39 is 0 Å². The predicted octanol–water partition coefficient (Wildman–Crippen LogP) is 2.42. The van der Waals surface area contributed by atoms with E-state index in [1.54, 1.807) is 0 Å². The molecule has 1 aliphatic rings. The molecule has 0 aliphatic carbocycles. The lowest BCUT2D eigenvalue weighted by Crippen LogP contribution is -2.38. The topological polar surface area (TPSA) is 15.3 Å². The summed E-state index contributed by atoms with van der Waals surface area (Å²) in [7, 11) is 0. The van der Waals surface area contributed by atoms with Crippen molar-refractivity contribution in [1.82, 2.24) is 10.2 Å². The van der Waals surface area contributed by atoms with Crippen LogP contribution in [0, 0.1) is 0 Å². The van der Waals surface area contributed by atoms with Crippen LogP contribution in [-0.2, 0) is 0 Å². The molecule has 0 radical (unpaired) electrons. The second-order valence-corrected chi connectivity index (χ2v) is 4.63. The van der Waals surface area contributed by atoms with E-state index in [1.165, 1.54) is 44.5 Å². The highest BCUT2D eigenvalue weighted by Crippen LogP contribution is 2.09. The summed E-state index contributed by atoms with van der Waals surface area (Å²) in [5, 5.41) is 3.57. The highest BCUT2D eigenvalue weighted by atomic mass is 15.1. The number of hydrogen-bond donors (Lipinski definition) is 1. The molecule has 88 valence electrons. The van der Waals surface area contributed by atoms with Gasteiger partial charge in [-0.3, -0.25) is 4.90 Å². The van der Waals surface area contributed by atoms with Crippen LogP contribution in [0.25, 0.3) is 0 Å². The quantitative estimate of drug-likeness (QED) is 0.649. The van der Waals surface area contributed by atoms with Crippen LogP contribution in [-0.4, -0.2) is 37.1 Å². The first-order valence-electron chi connectivity index (χ1n) is 6.38. The van der Waals surface area contributed by atoms with Crippen molar-refractivity contribution < 1.29 is 0 Å². The van der Waals surface area contributed by atoms with Crippen molar-refractivity contribution in [2.24, 2.45) is 0 Å². The molecule has 1 N–H and O–H groups in total. The van der Waals surface area contributed by atoms with Gasteiger partial charge in [-0.05, 0) is 38.8 Å². The minimum Gasteiger partial charge on any atom is -0.313 e. The number of hydrogen-bond acceptors (Lipinski definition) is 2. The molecule has 15 heavy (non-hydrogen) atoms. The van der Waals surface area contributed by atoms with Gasteiger partial charge < -0.3 is 5.32 Å². The van der Waals surface area contributed by atoms with Crippen LogP contribution in [0.1, 0.15) is 39.5 Å². The van der Waals surface area contributed by atoms with Crippen molar-refractivity contribution in [3.05, 3.63) is 12.2 Å². The largest absolute Gasteiger partial charge is 0.313 e. The lowest BCUT2D eigenvalue weighted by Gasteiger charge is -2.25. The Morgan fingerprint density at radius 2 is 2.27 bits per heavy atom. The third-order valence-electron chi connectivity index (χ3n) is 3.13. The van der Waals surface area contributed by atoms with E-state index >= 15 is 0 Å². The van der Waals surface area contributed by atoms with Crippen molar-refractivity contribution in [2.45, 2.75) is 45.6 Å². The Kier molecular flexibility index (Phi) is 5.96. The maximum atomic E-state index is 4.11. The normalized spacial score (nSPS) is 21.1. The first-order chi connectivity index (χ1) is 7.26. The Morgan fingerprint density at radius 1 is 1.47 bits per heavy atom. The molecule has 0 spiro atoms. The number of nitrogens with zero attached hydrogens (tertiary/aromatic N) is 1. The SMILES string of the molecule is C=C(CC)CN(CCC)CC1CCCN1. The van der Waals surface area contributed by atoms with Crippen molar-refractivity contribution >= 4 is 0 Å². The third-order valence-corrected chi connectivity index (χ3v) is 3.13. The molecule has 1 fully saturated rings. The fourth-order valence-electron chi connectivity index (χ4n) is 2.20. The standard InChI is InChI=1S/C13H26N2/c1-4-9-15(10-12(3)5-2)11-13-7-6-8-14-13/h13-14H,3-11H2,1-2H3. The summed E-state index contributed by atoms with van der Waals surface area (Å²) < 4.78 is 0. The van der Waals surface area contributed by atoms with E-state index in [9.17, 15) is 0 Å². The summed E-state index contributed by atoms with van der Waals surface area (Å²) in [6.45, 7) is 13.3. The molecule has 0 aromatic carbocycles. The second-order valence-electron chi connectivity index (χ2n) is 4.63. The van der Waals surface area contributed by atoms with Gasteiger partial charge in [-0.25, -0.2) is 0 Å². The maximum absolute atomic E-state index is 4.11. The molecule has 1 unspecified atom stereocenters. The van der Waals surface area contributed by atoms with E-state index in [4.69, 9.17) is 0 Å². The molecule has 0 bridgehead atoms. The lowest BCUT2D eigenvalue weighted by atomic mass is 10.1. The summed E-state index contributed by atoms with van der Waals surface area (Å²) >= 11 is 0. The van der Waals surface area contributed by atoms with E-state index in [1.807, 2.05) is 0 Å². The number of rotatable bonds is 7. The summed E-state index contributed by atoms with van der Waals surface area (Å²) in [5.74, 6) is 0. The second kappa shape index (κ2) is 7.02. The zero-order valence-corrected chi connectivity index (χ0v) is 10.4. The van der Waals surface area contributed by atoms with Gasteiger partial charge in [0.2, 0.25) is 0 Å². The van der Waals surface area contributed by atoms with Crippen LogP contribution < -0.4 is 5.32 Å². The zero-order valence-electron chi connectivity index (χ0n) is 10.4. The third kappa shape index (κ3) is 4.80. The lowest BCUT2D eigenvalue weighted by molar-refractivity contribution is 0.267. The molecular formula is C13H26N2. The van der Waals surface area contributed by atoms with Gasteiger partial charge in [-0.15, -0.1) is 0 Å². The molecule has 0 amide bonds. The summed E-state index contributed by atoms with van der Waals surface area (Å²) in [6.07, 6.45) is 5.04. The molecule has 0 saturated carbocycles. The van der Waals surface area contributed by atoms with Crippen LogP contribution in [0.2, 0.25) is 0 Å². The Morgan fingerprint density at radius 3 is 2.80 bits per heavy atom. The van der Waals surface area contributed by atoms with Gasteiger partial charge in [0.05, 0.1) is 0 Å². The molecule has 2 heteroatoms. The summed E-state index contributed by atoms with van der Waals surface area (Å²) in [4.78, 5) is 2.55. The van der Waals surface area contributed by atoms with E-state index in [2.05, 4.69) is 30.6 Å². The van der Waals surface area contributed by atoms with Crippen LogP contribution in [0.4, 0.5) is 0 Å². The Labute approximate surface area is 94.7 Å². The van der Waals surface area contributed by atoms with E-state index in [0.29, 0.717) is 0 Å². The van der Waals surface area contributed by atoms with Gasteiger partial charge in [-0.2, -0.15) is 0 Å². The smallest absolute Gasteiger partial charge is 0.0195 e. The van der Waals surface area contributed by atoms with Crippen molar-refractivity contribution in [1.29, 1.82) is 0 Å². The fraction of sp³-hybridized carbons (Fsp3) is 0.846. The van der Waals surface area contributed by atoms with Crippen LogP contribution in [0.3, 0.4) is 0 Å². The Balaban J connectivity index is 2.31. The minimum absolute atomic E-state index is 0.723. The number of nitrogens with one attached hydrogen (secondary N) is 1. The van der Waals surface area contributed by atoms with Crippen LogP contribution in [0.5, 0.6) is 0 Å². The van der Waals surface area contributed by atoms with Crippen molar-refractivity contribution in [3.63, 3.8) is 0 Å². The molecule has 1 heterocycles. The van der Waals surface area contributed by atoms with Crippen molar-refractivity contribution in [2.75, 3.05) is 26.2 Å². The zero-order chi connectivity index (χ0) is 11.1. The molecule has 1 aliphatic heterocycles. The molecule has 1 rings (SSSR count). The molecule has 1 atom stereocenters. The van der Waals surface area contributed by atoms with E-state index in [-0.39, 0.29) is 0 Å².